The summed E-state index contributed by atoms with van der Waals surface area (Å²) in [5.41, 5.74) is 4.79. The van der Waals surface area contributed by atoms with Gasteiger partial charge < -0.3 is 10.5 Å². The number of primary amides is 1. The summed E-state index contributed by atoms with van der Waals surface area (Å²) in [5.74, 6) is 3.40. The van der Waals surface area contributed by atoms with Crippen LogP contribution >= 0.6 is 22.6 Å². The SMILES string of the molecule is CC(CC#CI)CCOC(N)=O. The van der Waals surface area contributed by atoms with Gasteiger partial charge >= 0.3 is 6.09 Å². The van der Waals surface area contributed by atoms with Gasteiger partial charge in [0.15, 0.2) is 0 Å². The summed E-state index contributed by atoms with van der Waals surface area (Å²) in [7, 11) is 0. The van der Waals surface area contributed by atoms with E-state index >= 15 is 0 Å². The van der Waals surface area contributed by atoms with Crippen molar-refractivity contribution in [1.82, 2.24) is 0 Å². The number of amides is 1. The molecule has 2 N–H and O–H groups in total. The quantitative estimate of drug-likeness (QED) is 0.632. The molecule has 3 nitrogen and oxygen atoms in total. The van der Waals surface area contributed by atoms with Crippen molar-refractivity contribution < 1.29 is 9.53 Å². The molecule has 4 heteroatoms. The van der Waals surface area contributed by atoms with E-state index in [1.54, 1.807) is 0 Å². The Morgan fingerprint density at radius 3 is 2.92 bits per heavy atom. The van der Waals surface area contributed by atoms with Gasteiger partial charge in [-0.3, -0.25) is 0 Å². The van der Waals surface area contributed by atoms with Crippen LogP contribution in [-0.4, -0.2) is 12.7 Å². The Labute approximate surface area is 86.2 Å². The Balaban J connectivity index is 3.35. The van der Waals surface area contributed by atoms with Gasteiger partial charge in [-0.1, -0.05) is 12.8 Å². The highest BCUT2D eigenvalue weighted by molar-refractivity contribution is 14.1. The maximum atomic E-state index is 10.2. The van der Waals surface area contributed by atoms with Crippen LogP contribution in [0.25, 0.3) is 0 Å². The number of halogens is 1. The summed E-state index contributed by atoms with van der Waals surface area (Å²) < 4.78 is 7.37. The molecule has 0 saturated heterocycles. The lowest BCUT2D eigenvalue weighted by Crippen LogP contribution is -2.14. The molecule has 0 spiro atoms. The number of hydrogen-bond donors (Lipinski definition) is 1. The third-order valence-corrected chi connectivity index (χ3v) is 1.75. The van der Waals surface area contributed by atoms with E-state index < -0.39 is 6.09 Å². The Kier molecular flexibility index (Phi) is 6.96. The highest BCUT2D eigenvalue weighted by Crippen LogP contribution is 2.06. The maximum Gasteiger partial charge on any atom is 0.404 e. The summed E-state index contributed by atoms with van der Waals surface area (Å²) in [5, 5.41) is 0. The molecule has 0 aromatic rings. The van der Waals surface area contributed by atoms with E-state index in [2.05, 4.69) is 21.5 Å². The molecule has 12 heavy (non-hydrogen) atoms. The second kappa shape index (κ2) is 7.22. The average Bonchev–Trinajstić information content (AvgIpc) is 2.00. The first-order valence-corrected chi connectivity index (χ1v) is 4.75. The third kappa shape index (κ3) is 7.66. The van der Waals surface area contributed by atoms with E-state index in [-0.39, 0.29) is 0 Å². The summed E-state index contributed by atoms with van der Waals surface area (Å²) in [6.07, 6.45) is 0.946. The van der Waals surface area contributed by atoms with Crippen molar-refractivity contribution in [3.63, 3.8) is 0 Å². The second-order valence-electron chi connectivity index (χ2n) is 2.54. The Bertz CT molecular complexity index is 195. The van der Waals surface area contributed by atoms with Crippen LogP contribution in [0.2, 0.25) is 0 Å². The van der Waals surface area contributed by atoms with Gasteiger partial charge in [-0.05, 0) is 16.3 Å². The summed E-state index contributed by atoms with van der Waals surface area (Å²) in [6, 6.07) is 0. The van der Waals surface area contributed by atoms with Gasteiger partial charge in [-0.15, -0.1) is 0 Å². The van der Waals surface area contributed by atoms with Gasteiger partial charge in [0.1, 0.15) is 0 Å². The van der Waals surface area contributed by atoms with Crippen LogP contribution in [0.5, 0.6) is 0 Å². The van der Waals surface area contributed by atoms with Gasteiger partial charge in [0.2, 0.25) is 0 Å². The predicted molar refractivity (Wildman–Crippen MR) is 55.7 cm³/mol. The van der Waals surface area contributed by atoms with Gasteiger partial charge in [0, 0.05) is 29.0 Å². The minimum atomic E-state index is -0.706. The molecule has 0 bridgehead atoms. The molecular weight excluding hydrogens is 269 g/mol. The molecule has 0 fully saturated rings. The van der Waals surface area contributed by atoms with Crippen LogP contribution in [-0.2, 0) is 4.74 Å². The van der Waals surface area contributed by atoms with E-state index in [0.29, 0.717) is 12.5 Å². The van der Waals surface area contributed by atoms with Crippen molar-refractivity contribution in [2.24, 2.45) is 11.7 Å². The fraction of sp³-hybridized carbons (Fsp3) is 0.625. The third-order valence-electron chi connectivity index (χ3n) is 1.37. The van der Waals surface area contributed by atoms with E-state index in [1.165, 1.54) is 0 Å². The lowest BCUT2D eigenvalue weighted by atomic mass is 10.1. The average molecular weight is 281 g/mol. The van der Waals surface area contributed by atoms with Crippen LogP contribution in [0.15, 0.2) is 0 Å². The van der Waals surface area contributed by atoms with Crippen LogP contribution in [0.3, 0.4) is 0 Å². The minimum absolute atomic E-state index is 0.388. The first kappa shape index (κ1) is 11.6. The van der Waals surface area contributed by atoms with Crippen LogP contribution in [0.4, 0.5) is 4.79 Å². The first-order chi connectivity index (χ1) is 5.66. The van der Waals surface area contributed by atoms with Crippen molar-refractivity contribution in [3.05, 3.63) is 0 Å². The Hall–Kier alpha value is -0.440. The molecule has 0 radical (unpaired) electrons. The molecule has 1 unspecified atom stereocenters. The number of carbonyl (C=O) groups excluding carboxylic acids is 1. The summed E-state index contributed by atoms with van der Waals surface area (Å²) in [4.78, 5) is 10.2. The number of nitrogens with two attached hydrogens (primary N) is 1. The van der Waals surface area contributed by atoms with Gasteiger partial charge in [-0.2, -0.15) is 0 Å². The molecule has 0 saturated carbocycles. The molecule has 0 rings (SSSR count). The molecule has 0 heterocycles. The van der Waals surface area contributed by atoms with Crippen molar-refractivity contribution in [2.75, 3.05) is 6.61 Å². The highest BCUT2D eigenvalue weighted by Gasteiger charge is 2.00. The van der Waals surface area contributed by atoms with E-state index in [0.717, 1.165) is 12.8 Å². The molecule has 68 valence electrons. The lowest BCUT2D eigenvalue weighted by Gasteiger charge is -2.06. The number of ether oxygens (including phenoxy) is 1. The topological polar surface area (TPSA) is 52.3 Å². The zero-order chi connectivity index (χ0) is 9.40. The second-order valence-corrected chi connectivity index (χ2v) is 3.08. The molecule has 0 aliphatic rings. The van der Waals surface area contributed by atoms with Crippen molar-refractivity contribution in [1.29, 1.82) is 0 Å². The molecule has 1 atom stereocenters. The predicted octanol–water partition coefficient (Wildman–Crippen LogP) is 1.89. The van der Waals surface area contributed by atoms with Crippen LogP contribution < -0.4 is 5.73 Å². The summed E-state index contributed by atoms with van der Waals surface area (Å²) >= 11 is 2.00. The Morgan fingerprint density at radius 1 is 1.75 bits per heavy atom. The highest BCUT2D eigenvalue weighted by atomic mass is 127. The molecule has 0 aromatic carbocycles. The first-order valence-electron chi connectivity index (χ1n) is 3.67. The fourth-order valence-electron chi connectivity index (χ4n) is 0.676. The number of rotatable bonds is 4. The van der Waals surface area contributed by atoms with E-state index in [1.807, 2.05) is 22.6 Å². The zero-order valence-electron chi connectivity index (χ0n) is 6.97. The smallest absolute Gasteiger partial charge is 0.404 e. The maximum absolute atomic E-state index is 10.2. The van der Waals surface area contributed by atoms with Crippen molar-refractivity contribution in [2.45, 2.75) is 19.8 Å². The van der Waals surface area contributed by atoms with E-state index in [9.17, 15) is 4.79 Å². The molecular formula is C8H12INO2. The van der Waals surface area contributed by atoms with E-state index in [4.69, 9.17) is 5.73 Å². The monoisotopic (exact) mass is 281 g/mol. The minimum Gasteiger partial charge on any atom is -0.450 e. The molecule has 0 aliphatic carbocycles. The Morgan fingerprint density at radius 2 is 2.42 bits per heavy atom. The number of carbonyl (C=O) groups is 1. The lowest BCUT2D eigenvalue weighted by molar-refractivity contribution is 0.150. The van der Waals surface area contributed by atoms with Crippen LogP contribution in [0, 0.1) is 15.8 Å². The van der Waals surface area contributed by atoms with Crippen molar-refractivity contribution in [3.8, 4) is 9.85 Å². The fourth-order valence-corrected chi connectivity index (χ4v) is 0.896. The largest absolute Gasteiger partial charge is 0.450 e. The van der Waals surface area contributed by atoms with Crippen molar-refractivity contribution >= 4 is 28.7 Å². The molecule has 1 amide bonds. The number of hydrogen-bond acceptors (Lipinski definition) is 2. The molecule has 0 aromatic heterocycles. The van der Waals surface area contributed by atoms with Gasteiger partial charge in [-0.25, -0.2) is 4.79 Å². The normalized spacial score (nSPS) is 11.2. The zero-order valence-corrected chi connectivity index (χ0v) is 9.13. The van der Waals surface area contributed by atoms with Gasteiger partial charge in [0.05, 0.1) is 6.61 Å². The summed E-state index contributed by atoms with van der Waals surface area (Å²) in [6.45, 7) is 2.45. The molecule has 0 aliphatic heterocycles. The standard InChI is InChI=1S/C8H12INO2/c1-7(3-2-5-9)4-6-12-8(10)11/h7H,3-4,6H2,1H3,(H2,10,11). The van der Waals surface area contributed by atoms with Gasteiger partial charge in [0.25, 0.3) is 0 Å². The van der Waals surface area contributed by atoms with Crippen LogP contribution in [0.1, 0.15) is 19.8 Å².